The van der Waals surface area contributed by atoms with Crippen LogP contribution in [0.5, 0.6) is 23.0 Å². The fourth-order valence-electron chi connectivity index (χ4n) is 4.50. The van der Waals surface area contributed by atoms with Crippen LogP contribution in [0, 0.1) is 5.92 Å². The van der Waals surface area contributed by atoms with Crippen LogP contribution in [0.3, 0.4) is 0 Å². The SMILES string of the molecule is COc1ccc(CCCNCCCC2CCc3cc(OC)c(OC)cc3C2)cc1OC. The maximum Gasteiger partial charge on any atom is 0.161 e. The van der Waals surface area contributed by atoms with Crippen LogP contribution in [0.25, 0.3) is 0 Å². The second-order valence-corrected chi connectivity index (χ2v) is 8.27. The summed E-state index contributed by atoms with van der Waals surface area (Å²) in [6, 6.07) is 10.5. The lowest BCUT2D eigenvalue weighted by Gasteiger charge is -2.26. The van der Waals surface area contributed by atoms with E-state index < -0.39 is 0 Å². The number of nitrogens with one attached hydrogen (secondary N) is 1. The number of hydrogen-bond donors (Lipinski definition) is 1. The van der Waals surface area contributed by atoms with Crippen molar-refractivity contribution in [2.24, 2.45) is 5.92 Å². The van der Waals surface area contributed by atoms with E-state index in [2.05, 4.69) is 29.6 Å². The third-order valence-electron chi connectivity index (χ3n) is 6.27. The Kier molecular flexibility index (Phi) is 8.89. The Labute approximate surface area is 187 Å². The topological polar surface area (TPSA) is 49.0 Å². The van der Waals surface area contributed by atoms with Crippen LogP contribution in [0.4, 0.5) is 0 Å². The Bertz CT molecular complexity index is 836. The fraction of sp³-hybridized carbons (Fsp3) is 0.538. The highest BCUT2D eigenvalue weighted by Gasteiger charge is 2.21. The molecular formula is C26H37NO4. The van der Waals surface area contributed by atoms with E-state index in [9.17, 15) is 0 Å². The highest BCUT2D eigenvalue weighted by molar-refractivity contribution is 5.48. The molecule has 0 radical (unpaired) electrons. The Hall–Kier alpha value is -2.40. The minimum absolute atomic E-state index is 0.763. The average Bonchev–Trinajstić information content (AvgIpc) is 2.82. The Morgan fingerprint density at radius 2 is 1.42 bits per heavy atom. The van der Waals surface area contributed by atoms with Gasteiger partial charge in [-0.05, 0) is 105 Å². The van der Waals surface area contributed by atoms with Gasteiger partial charge in [0.05, 0.1) is 28.4 Å². The lowest BCUT2D eigenvalue weighted by molar-refractivity contribution is 0.350. The molecule has 0 aromatic heterocycles. The fourth-order valence-corrected chi connectivity index (χ4v) is 4.50. The molecule has 2 aromatic rings. The van der Waals surface area contributed by atoms with E-state index >= 15 is 0 Å². The maximum atomic E-state index is 5.48. The predicted molar refractivity (Wildman–Crippen MR) is 125 cm³/mol. The third-order valence-corrected chi connectivity index (χ3v) is 6.27. The molecule has 1 aliphatic carbocycles. The van der Waals surface area contributed by atoms with Gasteiger partial charge in [0.2, 0.25) is 0 Å². The molecule has 1 unspecified atom stereocenters. The lowest BCUT2D eigenvalue weighted by atomic mass is 9.81. The van der Waals surface area contributed by atoms with Gasteiger partial charge in [-0.2, -0.15) is 0 Å². The van der Waals surface area contributed by atoms with Gasteiger partial charge in [0.15, 0.2) is 23.0 Å². The van der Waals surface area contributed by atoms with E-state index in [0.29, 0.717) is 0 Å². The van der Waals surface area contributed by atoms with Gasteiger partial charge < -0.3 is 24.3 Å². The summed E-state index contributed by atoms with van der Waals surface area (Å²) < 4.78 is 21.6. The molecule has 0 saturated heterocycles. The molecule has 0 heterocycles. The van der Waals surface area contributed by atoms with Gasteiger partial charge in [0.25, 0.3) is 0 Å². The monoisotopic (exact) mass is 427 g/mol. The first-order chi connectivity index (χ1) is 15.2. The van der Waals surface area contributed by atoms with E-state index in [1.807, 2.05) is 6.07 Å². The Balaban J connectivity index is 1.34. The van der Waals surface area contributed by atoms with Gasteiger partial charge in [0.1, 0.15) is 0 Å². The smallest absolute Gasteiger partial charge is 0.161 e. The van der Waals surface area contributed by atoms with Crippen molar-refractivity contribution >= 4 is 0 Å². The minimum atomic E-state index is 0.763. The zero-order valence-electron chi connectivity index (χ0n) is 19.5. The number of hydrogen-bond acceptors (Lipinski definition) is 5. The number of ether oxygens (including phenoxy) is 4. The molecule has 1 atom stereocenters. The molecule has 170 valence electrons. The zero-order chi connectivity index (χ0) is 22.1. The summed E-state index contributed by atoms with van der Waals surface area (Å²) in [5.41, 5.74) is 4.13. The second-order valence-electron chi connectivity index (χ2n) is 8.27. The number of rotatable bonds is 12. The van der Waals surface area contributed by atoms with Crippen LogP contribution >= 0.6 is 0 Å². The molecule has 31 heavy (non-hydrogen) atoms. The van der Waals surface area contributed by atoms with E-state index in [1.54, 1.807) is 28.4 Å². The molecule has 3 rings (SSSR count). The largest absolute Gasteiger partial charge is 0.493 e. The molecular weight excluding hydrogens is 390 g/mol. The number of aryl methyl sites for hydroxylation is 2. The van der Waals surface area contributed by atoms with Crippen molar-refractivity contribution in [1.29, 1.82) is 0 Å². The Morgan fingerprint density at radius 3 is 2.13 bits per heavy atom. The maximum absolute atomic E-state index is 5.48. The first-order valence-corrected chi connectivity index (χ1v) is 11.3. The summed E-state index contributed by atoms with van der Waals surface area (Å²) >= 11 is 0. The summed E-state index contributed by atoms with van der Waals surface area (Å²) in [5.74, 6) is 4.04. The van der Waals surface area contributed by atoms with Crippen molar-refractivity contribution in [3.05, 3.63) is 47.0 Å². The summed E-state index contributed by atoms with van der Waals surface area (Å²) in [7, 11) is 6.76. The van der Waals surface area contributed by atoms with Crippen LogP contribution in [0.2, 0.25) is 0 Å². The standard InChI is InChI=1S/C26H37NO4/c1-28-23-12-10-20(16-24(23)29-2)8-6-14-27-13-5-7-19-9-11-21-17-25(30-3)26(31-4)18-22(21)15-19/h10,12,16-19,27H,5-9,11,13-15H2,1-4H3. The molecule has 1 N–H and O–H groups in total. The van der Waals surface area contributed by atoms with Gasteiger partial charge in [-0.3, -0.25) is 0 Å². The molecule has 0 spiro atoms. The van der Waals surface area contributed by atoms with E-state index in [-0.39, 0.29) is 0 Å². The van der Waals surface area contributed by atoms with Crippen LogP contribution in [-0.2, 0) is 19.3 Å². The van der Waals surface area contributed by atoms with Gasteiger partial charge in [0, 0.05) is 0 Å². The number of methoxy groups -OCH3 is 4. The summed E-state index contributed by atoms with van der Waals surface area (Å²) in [4.78, 5) is 0. The highest BCUT2D eigenvalue weighted by Crippen LogP contribution is 2.36. The van der Waals surface area contributed by atoms with Crippen molar-refractivity contribution < 1.29 is 18.9 Å². The van der Waals surface area contributed by atoms with Crippen LogP contribution in [0.1, 0.15) is 42.4 Å². The summed E-state index contributed by atoms with van der Waals surface area (Å²) in [6.07, 6.45) is 8.21. The van der Waals surface area contributed by atoms with Crippen LogP contribution < -0.4 is 24.3 Å². The van der Waals surface area contributed by atoms with Crippen molar-refractivity contribution in [1.82, 2.24) is 5.32 Å². The molecule has 0 fully saturated rings. The zero-order valence-corrected chi connectivity index (χ0v) is 19.5. The molecule has 2 aromatic carbocycles. The first-order valence-electron chi connectivity index (χ1n) is 11.3. The summed E-state index contributed by atoms with van der Waals surface area (Å²) in [5, 5.41) is 3.61. The first kappa shape index (κ1) is 23.3. The third kappa shape index (κ3) is 6.30. The van der Waals surface area contributed by atoms with Crippen molar-refractivity contribution in [2.45, 2.75) is 44.9 Å². The Morgan fingerprint density at radius 1 is 0.774 bits per heavy atom. The van der Waals surface area contributed by atoms with E-state index in [4.69, 9.17) is 18.9 Å². The van der Waals surface area contributed by atoms with Crippen molar-refractivity contribution in [3.8, 4) is 23.0 Å². The van der Waals surface area contributed by atoms with Crippen molar-refractivity contribution in [2.75, 3.05) is 41.5 Å². The predicted octanol–water partition coefficient (Wildman–Crippen LogP) is 4.83. The van der Waals surface area contributed by atoms with Crippen LogP contribution in [-0.4, -0.2) is 41.5 Å². The average molecular weight is 428 g/mol. The van der Waals surface area contributed by atoms with Crippen molar-refractivity contribution in [3.63, 3.8) is 0 Å². The van der Waals surface area contributed by atoms with E-state index in [1.165, 1.54) is 36.0 Å². The van der Waals surface area contributed by atoms with E-state index in [0.717, 1.165) is 67.7 Å². The molecule has 1 aliphatic rings. The molecule has 5 heteroatoms. The van der Waals surface area contributed by atoms with Gasteiger partial charge in [-0.1, -0.05) is 6.07 Å². The van der Waals surface area contributed by atoms with Gasteiger partial charge >= 0.3 is 0 Å². The summed E-state index contributed by atoms with van der Waals surface area (Å²) in [6.45, 7) is 2.13. The number of fused-ring (bicyclic) bond motifs is 1. The molecule has 0 saturated carbocycles. The molecule has 0 bridgehead atoms. The molecule has 0 amide bonds. The molecule has 0 aliphatic heterocycles. The second kappa shape index (κ2) is 11.8. The normalized spacial score (nSPS) is 15.3. The minimum Gasteiger partial charge on any atom is -0.493 e. The highest BCUT2D eigenvalue weighted by atomic mass is 16.5. The lowest BCUT2D eigenvalue weighted by Crippen LogP contribution is -2.20. The van der Waals surface area contributed by atoms with Crippen LogP contribution in [0.15, 0.2) is 30.3 Å². The quantitative estimate of drug-likeness (QED) is 0.492. The van der Waals surface area contributed by atoms with Gasteiger partial charge in [-0.15, -0.1) is 0 Å². The number of benzene rings is 2. The van der Waals surface area contributed by atoms with Gasteiger partial charge in [-0.25, -0.2) is 0 Å². The molecule has 5 nitrogen and oxygen atoms in total.